The maximum atomic E-state index is 12.7. The molecule has 0 saturated carbocycles. The van der Waals surface area contributed by atoms with E-state index in [1.807, 2.05) is 53.6 Å². The lowest BCUT2D eigenvalue weighted by Gasteiger charge is -2.32. The summed E-state index contributed by atoms with van der Waals surface area (Å²) in [6.45, 7) is 2.94. The zero-order valence-corrected chi connectivity index (χ0v) is 15.2. The number of benzene rings is 1. The van der Waals surface area contributed by atoms with Gasteiger partial charge in [0.2, 0.25) is 11.8 Å². The van der Waals surface area contributed by atoms with Gasteiger partial charge in [-0.3, -0.25) is 14.5 Å². The molecule has 0 bridgehead atoms. The van der Waals surface area contributed by atoms with Crippen LogP contribution in [0.1, 0.15) is 6.42 Å². The molecule has 1 aromatic heterocycles. The first-order valence-corrected chi connectivity index (χ1v) is 9.65. The molecular formula is C19H21N4O2S+. The summed E-state index contributed by atoms with van der Waals surface area (Å²) in [5.74, 6) is 1.03. The van der Waals surface area contributed by atoms with Crippen molar-refractivity contribution in [3.8, 4) is 0 Å². The number of thioether (sulfide) groups is 1. The summed E-state index contributed by atoms with van der Waals surface area (Å²) in [6.07, 6.45) is 2.14. The Morgan fingerprint density at radius 2 is 1.88 bits per heavy atom. The van der Waals surface area contributed by atoms with E-state index in [2.05, 4.69) is 15.2 Å². The van der Waals surface area contributed by atoms with Crippen LogP contribution in [-0.4, -0.2) is 48.1 Å². The fourth-order valence-corrected chi connectivity index (χ4v) is 4.39. The van der Waals surface area contributed by atoms with Crippen molar-refractivity contribution in [2.45, 2.75) is 16.6 Å². The lowest BCUT2D eigenvalue weighted by atomic mass is 10.2. The second kappa shape index (κ2) is 7.37. The minimum absolute atomic E-state index is 0.0497. The number of nitrogens with one attached hydrogen (secondary N) is 2. The minimum Gasteiger partial charge on any atom is -0.335 e. The van der Waals surface area contributed by atoms with Crippen LogP contribution in [0.5, 0.6) is 0 Å². The number of rotatable bonds is 3. The molecule has 2 aliphatic heterocycles. The van der Waals surface area contributed by atoms with E-state index in [9.17, 15) is 9.59 Å². The molecule has 0 spiro atoms. The third kappa shape index (κ3) is 3.53. The van der Waals surface area contributed by atoms with Gasteiger partial charge in [-0.05, 0) is 18.2 Å². The highest BCUT2D eigenvalue weighted by Gasteiger charge is 2.32. The first-order chi connectivity index (χ1) is 12.7. The number of pyridine rings is 1. The van der Waals surface area contributed by atoms with Gasteiger partial charge in [-0.15, -0.1) is 11.8 Å². The van der Waals surface area contributed by atoms with Gasteiger partial charge in [0, 0.05) is 17.4 Å². The maximum Gasteiger partial charge on any atom is 0.274 e. The fourth-order valence-electron chi connectivity index (χ4n) is 3.29. The standard InChI is InChI=1S/C19H20N4O2S/c24-18(13-16-19(25)21-14-5-1-2-6-15(14)26-16)23-11-9-22(10-12-23)17-7-3-4-8-20-17/h1-8,16H,9-13H2,(H,21,25)/p+1/t16-/m1/s1. The Balaban J connectivity index is 1.34. The molecule has 6 nitrogen and oxygen atoms in total. The zero-order chi connectivity index (χ0) is 17.9. The Hall–Kier alpha value is -2.54. The SMILES string of the molecule is O=C1Nc2ccccc2S[C@@H]1CC(=O)N1CCN(c2cccc[nH+]2)CC1. The lowest BCUT2D eigenvalue weighted by Crippen LogP contribution is -2.50. The number of fused-ring (bicyclic) bond motifs is 1. The molecule has 0 aliphatic carbocycles. The summed E-state index contributed by atoms with van der Waals surface area (Å²) in [7, 11) is 0. The van der Waals surface area contributed by atoms with Crippen LogP contribution in [0.25, 0.3) is 0 Å². The predicted molar refractivity (Wildman–Crippen MR) is 101 cm³/mol. The Bertz CT molecular complexity index is 806. The van der Waals surface area contributed by atoms with Gasteiger partial charge in [0.25, 0.3) is 5.82 Å². The van der Waals surface area contributed by atoms with Crippen LogP contribution in [0.3, 0.4) is 0 Å². The third-order valence-corrected chi connectivity index (χ3v) is 6.01. The number of nitrogens with zero attached hydrogens (tertiary/aromatic N) is 2. The van der Waals surface area contributed by atoms with Gasteiger partial charge in [0.05, 0.1) is 30.2 Å². The van der Waals surface area contributed by atoms with Crippen LogP contribution < -0.4 is 15.2 Å². The Morgan fingerprint density at radius 3 is 2.65 bits per heavy atom. The summed E-state index contributed by atoms with van der Waals surface area (Å²) in [5.41, 5.74) is 0.832. The number of amides is 2. The molecule has 7 heteroatoms. The van der Waals surface area contributed by atoms with Crippen molar-refractivity contribution in [3.05, 3.63) is 48.7 Å². The quantitative estimate of drug-likeness (QED) is 0.893. The number of piperazine rings is 1. The van der Waals surface area contributed by atoms with Gasteiger partial charge in [-0.2, -0.15) is 0 Å². The van der Waals surface area contributed by atoms with E-state index in [0.717, 1.165) is 29.5 Å². The van der Waals surface area contributed by atoms with Crippen molar-refractivity contribution >= 4 is 35.1 Å². The molecule has 2 aliphatic rings. The van der Waals surface area contributed by atoms with Crippen molar-refractivity contribution in [1.82, 2.24) is 4.90 Å². The molecule has 2 amide bonds. The number of carbonyl (C=O) groups excluding carboxylic acids is 2. The van der Waals surface area contributed by atoms with Crippen LogP contribution in [0, 0.1) is 0 Å². The molecule has 0 radical (unpaired) electrons. The smallest absolute Gasteiger partial charge is 0.274 e. The average molecular weight is 369 g/mol. The molecule has 26 heavy (non-hydrogen) atoms. The van der Waals surface area contributed by atoms with Crippen LogP contribution in [-0.2, 0) is 9.59 Å². The predicted octanol–water partition coefficient (Wildman–Crippen LogP) is 1.65. The molecule has 134 valence electrons. The number of H-pyrrole nitrogens is 1. The number of hydrogen-bond acceptors (Lipinski definition) is 4. The van der Waals surface area contributed by atoms with Gasteiger partial charge in [-0.1, -0.05) is 18.2 Å². The Labute approximate surface area is 156 Å². The third-order valence-electron chi connectivity index (χ3n) is 4.73. The molecule has 1 atom stereocenters. The fraction of sp³-hybridized carbons (Fsp3) is 0.316. The number of para-hydroxylation sites is 1. The van der Waals surface area contributed by atoms with E-state index in [0.29, 0.717) is 13.1 Å². The largest absolute Gasteiger partial charge is 0.335 e. The minimum atomic E-state index is -0.363. The molecule has 1 saturated heterocycles. The number of hydrogen-bond donors (Lipinski definition) is 1. The summed E-state index contributed by atoms with van der Waals surface area (Å²) in [5, 5.41) is 2.54. The summed E-state index contributed by atoms with van der Waals surface area (Å²) >= 11 is 1.48. The molecule has 3 heterocycles. The van der Waals surface area contributed by atoms with Crippen LogP contribution in [0.15, 0.2) is 53.6 Å². The van der Waals surface area contributed by atoms with E-state index < -0.39 is 0 Å². The number of aromatic nitrogens is 1. The Kier molecular flexibility index (Phi) is 4.79. The summed E-state index contributed by atoms with van der Waals surface area (Å²) in [4.78, 5) is 33.3. The van der Waals surface area contributed by atoms with Crippen LogP contribution in [0.2, 0.25) is 0 Å². The van der Waals surface area contributed by atoms with Crippen molar-refractivity contribution in [2.75, 3.05) is 36.4 Å². The van der Waals surface area contributed by atoms with Gasteiger partial charge in [-0.25, -0.2) is 4.98 Å². The molecule has 4 rings (SSSR count). The normalized spacial score (nSPS) is 19.7. The highest BCUT2D eigenvalue weighted by molar-refractivity contribution is 8.01. The monoisotopic (exact) mass is 369 g/mol. The van der Waals surface area contributed by atoms with E-state index in [1.54, 1.807) is 0 Å². The molecule has 0 unspecified atom stereocenters. The summed E-state index contributed by atoms with van der Waals surface area (Å²) in [6, 6.07) is 13.7. The molecule has 1 fully saturated rings. The number of carbonyl (C=O) groups is 2. The van der Waals surface area contributed by atoms with Crippen molar-refractivity contribution in [3.63, 3.8) is 0 Å². The van der Waals surface area contributed by atoms with Gasteiger partial charge in [0.15, 0.2) is 0 Å². The zero-order valence-electron chi connectivity index (χ0n) is 14.4. The van der Waals surface area contributed by atoms with Gasteiger partial charge < -0.3 is 10.2 Å². The lowest BCUT2D eigenvalue weighted by molar-refractivity contribution is -0.364. The highest BCUT2D eigenvalue weighted by atomic mass is 32.2. The van der Waals surface area contributed by atoms with E-state index >= 15 is 0 Å². The topological polar surface area (TPSA) is 66.8 Å². The molecule has 1 aromatic carbocycles. The number of aromatic amines is 1. The van der Waals surface area contributed by atoms with E-state index in [1.165, 1.54) is 11.8 Å². The van der Waals surface area contributed by atoms with Gasteiger partial charge in [0.1, 0.15) is 13.1 Å². The van der Waals surface area contributed by atoms with Crippen LogP contribution >= 0.6 is 11.8 Å². The number of anilines is 2. The van der Waals surface area contributed by atoms with E-state index in [-0.39, 0.29) is 23.5 Å². The molecular weight excluding hydrogens is 348 g/mol. The highest BCUT2D eigenvalue weighted by Crippen LogP contribution is 2.36. The second-order valence-corrected chi connectivity index (χ2v) is 7.66. The van der Waals surface area contributed by atoms with Crippen molar-refractivity contribution in [1.29, 1.82) is 0 Å². The van der Waals surface area contributed by atoms with E-state index in [4.69, 9.17) is 0 Å². The first kappa shape index (κ1) is 16.9. The molecule has 2 N–H and O–H groups in total. The second-order valence-electron chi connectivity index (χ2n) is 6.41. The summed E-state index contributed by atoms with van der Waals surface area (Å²) < 4.78 is 0. The van der Waals surface area contributed by atoms with Crippen LogP contribution in [0.4, 0.5) is 11.5 Å². The van der Waals surface area contributed by atoms with Gasteiger partial charge >= 0.3 is 0 Å². The average Bonchev–Trinajstić information content (AvgIpc) is 2.69. The van der Waals surface area contributed by atoms with Crippen molar-refractivity contribution in [2.24, 2.45) is 0 Å². The first-order valence-electron chi connectivity index (χ1n) is 8.77. The van der Waals surface area contributed by atoms with Crippen molar-refractivity contribution < 1.29 is 14.6 Å². The maximum absolute atomic E-state index is 12.7. The Morgan fingerprint density at radius 1 is 1.12 bits per heavy atom. The molecule has 2 aromatic rings.